The number of hydrogen-bond acceptors (Lipinski definition) is 6. The summed E-state index contributed by atoms with van der Waals surface area (Å²) in [5.74, 6) is -0.979. The highest BCUT2D eigenvalue weighted by Crippen LogP contribution is 2.39. The van der Waals surface area contributed by atoms with Gasteiger partial charge in [-0.05, 0) is 35.4 Å². The Balaban J connectivity index is 1.61. The van der Waals surface area contributed by atoms with Crippen LogP contribution in [0, 0.1) is 0 Å². The fourth-order valence-electron chi connectivity index (χ4n) is 3.93. The zero-order valence-electron chi connectivity index (χ0n) is 16.7. The molecule has 3 heterocycles. The van der Waals surface area contributed by atoms with Crippen LogP contribution in [0.15, 0.2) is 99.7 Å². The molecule has 2 aliphatic heterocycles. The molecule has 2 N–H and O–H groups in total. The van der Waals surface area contributed by atoms with Gasteiger partial charge in [0.15, 0.2) is 5.84 Å². The molecule has 0 fully saturated rings. The molecule has 0 saturated heterocycles. The van der Waals surface area contributed by atoms with Crippen LogP contribution >= 0.6 is 0 Å². The topological polar surface area (TPSA) is 112 Å². The number of sulfonamides is 1. The summed E-state index contributed by atoms with van der Waals surface area (Å²) in [6, 6.07) is 18.3. The van der Waals surface area contributed by atoms with Crippen LogP contribution in [-0.4, -0.2) is 35.2 Å². The molecular weight excluding hydrogens is 428 g/mol. The number of benzene rings is 2. The van der Waals surface area contributed by atoms with Crippen LogP contribution in [-0.2, 0) is 21.4 Å². The third-order valence-electron chi connectivity index (χ3n) is 5.39. The molecule has 9 heteroatoms. The van der Waals surface area contributed by atoms with Gasteiger partial charge in [-0.2, -0.15) is 8.42 Å². The van der Waals surface area contributed by atoms with Crippen LogP contribution < -0.4 is 5.32 Å². The smallest absolute Gasteiger partial charge is 0.286 e. The molecule has 1 amide bonds. The van der Waals surface area contributed by atoms with E-state index in [1.54, 1.807) is 42.7 Å². The van der Waals surface area contributed by atoms with Crippen molar-refractivity contribution >= 4 is 27.5 Å². The standard InChI is InChI=1S/C23H18N4O4S/c28-21-19(22-25-17-8-4-5-9-18(17)32(30,31)26-22)23(29)27(14-15-6-2-1-3-7-15)20(21)16-10-12-24-13-11-16/h1-13,20,28H,14H2,(H,25,26). The fraction of sp³-hybridized carbons (Fsp3) is 0.0870. The zero-order chi connectivity index (χ0) is 22.3. The van der Waals surface area contributed by atoms with Crippen LogP contribution in [0.2, 0.25) is 0 Å². The molecule has 0 aliphatic carbocycles. The number of anilines is 1. The maximum Gasteiger partial charge on any atom is 0.286 e. The summed E-state index contributed by atoms with van der Waals surface area (Å²) in [5.41, 5.74) is 1.65. The Morgan fingerprint density at radius 2 is 1.66 bits per heavy atom. The zero-order valence-corrected chi connectivity index (χ0v) is 17.5. The van der Waals surface area contributed by atoms with Gasteiger partial charge in [0, 0.05) is 18.9 Å². The lowest BCUT2D eigenvalue weighted by atomic mass is 10.1. The van der Waals surface area contributed by atoms with Crippen molar-refractivity contribution in [2.24, 2.45) is 4.40 Å². The van der Waals surface area contributed by atoms with Crippen LogP contribution in [0.25, 0.3) is 0 Å². The molecule has 160 valence electrons. The molecule has 8 nitrogen and oxygen atoms in total. The van der Waals surface area contributed by atoms with Crippen molar-refractivity contribution in [3.63, 3.8) is 0 Å². The quantitative estimate of drug-likeness (QED) is 0.637. The Kier molecular flexibility index (Phi) is 4.75. The first-order valence-corrected chi connectivity index (χ1v) is 11.3. The van der Waals surface area contributed by atoms with E-state index in [2.05, 4.69) is 14.7 Å². The number of para-hydroxylation sites is 1. The van der Waals surface area contributed by atoms with Gasteiger partial charge >= 0.3 is 0 Å². The minimum atomic E-state index is -4.03. The van der Waals surface area contributed by atoms with Gasteiger partial charge < -0.3 is 15.3 Å². The number of carbonyl (C=O) groups excluding carboxylic acids is 1. The van der Waals surface area contributed by atoms with Gasteiger partial charge in [0.25, 0.3) is 15.9 Å². The lowest BCUT2D eigenvalue weighted by Crippen LogP contribution is -2.33. The van der Waals surface area contributed by atoms with Crippen molar-refractivity contribution in [1.82, 2.24) is 9.88 Å². The normalized spacial score (nSPS) is 19.4. The average molecular weight is 446 g/mol. The SMILES string of the molecule is O=C1C(C2=NS(=O)(=O)c3ccccc3N2)=C(O)C(c2ccncc2)N1Cc1ccccc1. The Bertz CT molecular complexity index is 1370. The molecule has 3 aromatic rings. The number of carbonyl (C=O) groups is 1. The molecule has 0 radical (unpaired) electrons. The predicted molar refractivity (Wildman–Crippen MR) is 118 cm³/mol. The molecule has 32 heavy (non-hydrogen) atoms. The van der Waals surface area contributed by atoms with E-state index >= 15 is 0 Å². The molecule has 1 aromatic heterocycles. The number of aromatic nitrogens is 1. The van der Waals surface area contributed by atoms with E-state index < -0.39 is 22.0 Å². The van der Waals surface area contributed by atoms with Crippen molar-refractivity contribution < 1.29 is 18.3 Å². The summed E-state index contributed by atoms with van der Waals surface area (Å²) < 4.78 is 29.2. The number of pyridine rings is 1. The monoisotopic (exact) mass is 446 g/mol. The van der Waals surface area contributed by atoms with Crippen molar-refractivity contribution in [3.05, 3.63) is 102 Å². The molecule has 2 aliphatic rings. The lowest BCUT2D eigenvalue weighted by Gasteiger charge is -2.26. The Morgan fingerprint density at radius 3 is 2.41 bits per heavy atom. The molecular formula is C23H18N4O4S. The number of fused-ring (bicyclic) bond motifs is 1. The van der Waals surface area contributed by atoms with E-state index in [0.717, 1.165) is 5.56 Å². The van der Waals surface area contributed by atoms with Gasteiger partial charge in [0.2, 0.25) is 0 Å². The van der Waals surface area contributed by atoms with E-state index in [4.69, 9.17) is 0 Å². The van der Waals surface area contributed by atoms with Gasteiger partial charge in [0.05, 0.1) is 5.69 Å². The largest absolute Gasteiger partial charge is 0.509 e. The molecule has 0 bridgehead atoms. The van der Waals surface area contributed by atoms with E-state index in [0.29, 0.717) is 11.3 Å². The van der Waals surface area contributed by atoms with Crippen LogP contribution in [0.3, 0.4) is 0 Å². The molecule has 5 rings (SSSR count). The molecule has 2 aromatic carbocycles. The highest BCUT2D eigenvalue weighted by Gasteiger charge is 2.44. The summed E-state index contributed by atoms with van der Waals surface area (Å²) in [4.78, 5) is 19.0. The van der Waals surface area contributed by atoms with Crippen molar-refractivity contribution in [3.8, 4) is 0 Å². The highest BCUT2D eigenvalue weighted by atomic mass is 32.2. The third kappa shape index (κ3) is 3.32. The summed E-state index contributed by atoms with van der Waals surface area (Å²) in [5, 5.41) is 14.1. The number of aliphatic hydroxyl groups is 1. The van der Waals surface area contributed by atoms with Gasteiger partial charge in [0.1, 0.15) is 22.3 Å². The first-order chi connectivity index (χ1) is 15.5. The molecule has 1 atom stereocenters. The summed E-state index contributed by atoms with van der Waals surface area (Å²) in [7, 11) is -4.03. The summed E-state index contributed by atoms with van der Waals surface area (Å²) in [6.07, 6.45) is 3.14. The Morgan fingerprint density at radius 1 is 0.969 bits per heavy atom. The Labute approximate surface area is 184 Å². The summed E-state index contributed by atoms with van der Waals surface area (Å²) >= 11 is 0. The molecule has 1 unspecified atom stereocenters. The first kappa shape index (κ1) is 20.0. The number of amides is 1. The summed E-state index contributed by atoms with van der Waals surface area (Å²) in [6.45, 7) is 0.219. The fourth-order valence-corrected chi connectivity index (χ4v) is 5.05. The van der Waals surface area contributed by atoms with E-state index in [1.807, 2.05) is 30.3 Å². The van der Waals surface area contributed by atoms with Crippen LogP contribution in [0.4, 0.5) is 5.69 Å². The van der Waals surface area contributed by atoms with Crippen LogP contribution in [0.5, 0.6) is 0 Å². The van der Waals surface area contributed by atoms with E-state index in [-0.39, 0.29) is 28.6 Å². The second-order valence-electron chi connectivity index (χ2n) is 7.40. The predicted octanol–water partition coefficient (Wildman–Crippen LogP) is 3.19. The second kappa shape index (κ2) is 7.61. The van der Waals surface area contributed by atoms with Crippen LogP contribution in [0.1, 0.15) is 17.2 Å². The average Bonchev–Trinajstić information content (AvgIpc) is 3.04. The lowest BCUT2D eigenvalue weighted by molar-refractivity contribution is -0.127. The number of rotatable bonds is 4. The van der Waals surface area contributed by atoms with E-state index in [1.165, 1.54) is 11.0 Å². The van der Waals surface area contributed by atoms with Gasteiger partial charge in [-0.3, -0.25) is 9.78 Å². The Hall–Kier alpha value is -3.98. The number of nitrogens with one attached hydrogen (secondary N) is 1. The van der Waals surface area contributed by atoms with Gasteiger partial charge in [-0.1, -0.05) is 42.5 Å². The van der Waals surface area contributed by atoms with Crippen molar-refractivity contribution in [2.45, 2.75) is 17.5 Å². The maximum absolute atomic E-state index is 13.5. The second-order valence-corrected chi connectivity index (χ2v) is 8.97. The number of nitrogens with zero attached hydrogens (tertiary/aromatic N) is 3. The molecule has 0 saturated carbocycles. The van der Waals surface area contributed by atoms with Crippen molar-refractivity contribution in [2.75, 3.05) is 5.32 Å². The molecule has 0 spiro atoms. The number of hydrogen-bond donors (Lipinski definition) is 2. The van der Waals surface area contributed by atoms with Crippen molar-refractivity contribution in [1.29, 1.82) is 0 Å². The maximum atomic E-state index is 13.5. The third-order valence-corrected chi connectivity index (χ3v) is 6.72. The van der Waals surface area contributed by atoms with Gasteiger partial charge in [-0.25, -0.2) is 0 Å². The van der Waals surface area contributed by atoms with Gasteiger partial charge in [-0.15, -0.1) is 4.40 Å². The first-order valence-electron chi connectivity index (χ1n) is 9.85. The number of amidine groups is 1. The number of aliphatic hydroxyl groups excluding tert-OH is 1. The minimum absolute atomic E-state index is 0.0149. The highest BCUT2D eigenvalue weighted by molar-refractivity contribution is 7.90. The van der Waals surface area contributed by atoms with E-state index in [9.17, 15) is 18.3 Å². The minimum Gasteiger partial charge on any atom is -0.509 e.